The van der Waals surface area contributed by atoms with Gasteiger partial charge in [-0.25, -0.2) is 14.9 Å². The molecule has 2 N–H and O–H groups in total. The number of allylic oxidation sites excluding steroid dienone is 1. The Morgan fingerprint density at radius 2 is 1.92 bits per heavy atom. The number of piperazine rings is 1. The van der Waals surface area contributed by atoms with Crippen LogP contribution in [-0.4, -0.2) is 47.0 Å². The summed E-state index contributed by atoms with van der Waals surface area (Å²) >= 11 is 0. The van der Waals surface area contributed by atoms with Crippen LogP contribution in [0.4, 0.5) is 10.1 Å². The molecule has 2 atom stereocenters. The van der Waals surface area contributed by atoms with Crippen LogP contribution in [0.3, 0.4) is 0 Å². The van der Waals surface area contributed by atoms with Gasteiger partial charge in [0.2, 0.25) is 0 Å². The van der Waals surface area contributed by atoms with E-state index in [1.807, 2.05) is 18.2 Å². The Hall–Kier alpha value is -2.67. The van der Waals surface area contributed by atoms with Crippen LogP contribution < -0.4 is 10.4 Å². The molecule has 6 nitrogen and oxygen atoms in total. The van der Waals surface area contributed by atoms with Gasteiger partial charge in [0.1, 0.15) is 11.7 Å². The number of aliphatic imine (C=N–C) groups is 1. The van der Waals surface area contributed by atoms with E-state index in [4.69, 9.17) is 5.21 Å². The molecule has 3 aliphatic rings. The highest BCUT2D eigenvalue weighted by Gasteiger charge is 2.52. The maximum atomic E-state index is 13.1. The van der Waals surface area contributed by atoms with Crippen molar-refractivity contribution >= 4 is 17.4 Å². The number of hydrogen-bond acceptors (Lipinski definition) is 5. The van der Waals surface area contributed by atoms with Gasteiger partial charge >= 0.3 is 0 Å². The van der Waals surface area contributed by atoms with E-state index >= 15 is 0 Å². The molecular formula is C18H19FN4O2. The number of nitrogens with one attached hydrogen (secondary N) is 1. The largest absolute Gasteiger partial charge is 0.362 e. The van der Waals surface area contributed by atoms with Gasteiger partial charge in [-0.15, -0.1) is 0 Å². The first-order valence-corrected chi connectivity index (χ1v) is 8.34. The molecule has 25 heavy (non-hydrogen) atoms. The molecule has 0 saturated carbocycles. The van der Waals surface area contributed by atoms with E-state index in [9.17, 15) is 9.18 Å². The van der Waals surface area contributed by atoms with Gasteiger partial charge in [-0.1, -0.05) is 12.2 Å². The van der Waals surface area contributed by atoms with Gasteiger partial charge in [-0.3, -0.25) is 10.0 Å². The number of halogens is 1. The van der Waals surface area contributed by atoms with Crippen molar-refractivity contribution in [2.45, 2.75) is 24.9 Å². The predicted octanol–water partition coefficient (Wildman–Crippen LogP) is 1.84. The van der Waals surface area contributed by atoms with Gasteiger partial charge in [0.05, 0.1) is 17.7 Å². The number of likely N-dealkylation sites (tertiary alicyclic amines) is 1. The molecule has 1 aromatic rings. The zero-order valence-electron chi connectivity index (χ0n) is 13.6. The molecule has 0 aromatic heterocycles. The molecule has 2 unspecified atom stereocenters. The smallest absolute Gasteiger partial charge is 0.276 e. The van der Waals surface area contributed by atoms with Crippen LogP contribution in [0.5, 0.6) is 0 Å². The standard InChI is InChI=1S/C18H19FN4O2/c19-13-5-7-14(8-6-13)22-10-16-15(22)11-23(16)17-4-2-1-3-12(9-20-17)18(24)21-25/h1,3,5-9,15-16,25H,2,4,10-11H2,(H,21,24)/b3-1-,12-9+,20-17?. The number of anilines is 1. The summed E-state index contributed by atoms with van der Waals surface area (Å²) in [7, 11) is 0. The molecule has 2 saturated heterocycles. The van der Waals surface area contributed by atoms with E-state index in [1.165, 1.54) is 18.3 Å². The monoisotopic (exact) mass is 342 g/mol. The van der Waals surface area contributed by atoms with Crippen molar-refractivity contribution in [1.82, 2.24) is 10.4 Å². The Balaban J connectivity index is 1.43. The Labute approximate surface area is 144 Å². The van der Waals surface area contributed by atoms with Crippen molar-refractivity contribution in [2.75, 3.05) is 18.0 Å². The maximum Gasteiger partial charge on any atom is 0.276 e. The fraction of sp³-hybridized carbons (Fsp3) is 0.333. The average Bonchev–Trinajstić information content (AvgIpc) is 2.58. The lowest BCUT2D eigenvalue weighted by molar-refractivity contribution is -0.124. The number of carbonyl (C=O) groups is 1. The first kappa shape index (κ1) is 15.8. The second-order valence-corrected chi connectivity index (χ2v) is 6.43. The third kappa shape index (κ3) is 2.80. The number of amides is 1. The SMILES string of the molecule is O=C(NO)C1=C/N=C(N2CC3C2CN3c2ccc(F)cc2)CC/C=C\1. The third-order valence-electron chi connectivity index (χ3n) is 5.05. The van der Waals surface area contributed by atoms with Gasteiger partial charge in [0.15, 0.2) is 0 Å². The minimum Gasteiger partial charge on any atom is -0.362 e. The van der Waals surface area contributed by atoms with Gasteiger partial charge in [0.25, 0.3) is 5.91 Å². The number of carbonyl (C=O) groups excluding carboxylic acids is 1. The van der Waals surface area contributed by atoms with Crippen LogP contribution in [0.1, 0.15) is 12.8 Å². The predicted molar refractivity (Wildman–Crippen MR) is 91.8 cm³/mol. The van der Waals surface area contributed by atoms with E-state index in [0.717, 1.165) is 37.5 Å². The Morgan fingerprint density at radius 1 is 1.20 bits per heavy atom. The van der Waals surface area contributed by atoms with Crippen LogP contribution in [0.25, 0.3) is 0 Å². The van der Waals surface area contributed by atoms with E-state index in [1.54, 1.807) is 11.6 Å². The summed E-state index contributed by atoms with van der Waals surface area (Å²) in [5, 5.41) is 8.76. The maximum absolute atomic E-state index is 13.1. The van der Waals surface area contributed by atoms with Crippen LogP contribution >= 0.6 is 0 Å². The lowest BCUT2D eigenvalue weighted by Gasteiger charge is -2.63. The Bertz CT molecular complexity index is 772. The molecule has 7 heteroatoms. The Morgan fingerprint density at radius 3 is 2.60 bits per heavy atom. The summed E-state index contributed by atoms with van der Waals surface area (Å²) in [6.45, 7) is 1.76. The fourth-order valence-electron chi connectivity index (χ4n) is 3.57. The summed E-state index contributed by atoms with van der Waals surface area (Å²) in [5.41, 5.74) is 3.01. The van der Waals surface area contributed by atoms with Gasteiger partial charge in [0, 0.05) is 31.4 Å². The molecular weight excluding hydrogens is 323 g/mol. The molecule has 3 aliphatic heterocycles. The highest BCUT2D eigenvalue weighted by Crippen LogP contribution is 2.38. The zero-order valence-corrected chi connectivity index (χ0v) is 13.6. The van der Waals surface area contributed by atoms with Crippen LogP contribution in [-0.2, 0) is 4.79 Å². The molecule has 1 amide bonds. The number of benzene rings is 1. The molecule has 0 spiro atoms. The number of hydrogen-bond donors (Lipinski definition) is 2. The molecule has 1 aromatic carbocycles. The molecule has 4 rings (SSSR count). The number of nitrogens with zero attached hydrogens (tertiary/aromatic N) is 3. The summed E-state index contributed by atoms with van der Waals surface area (Å²) < 4.78 is 13.1. The zero-order chi connectivity index (χ0) is 17.4. The highest BCUT2D eigenvalue weighted by molar-refractivity contribution is 5.96. The molecule has 2 fully saturated rings. The van der Waals surface area contributed by atoms with Gasteiger partial charge in [-0.2, -0.15) is 0 Å². The lowest BCUT2D eigenvalue weighted by atomic mass is 9.84. The lowest BCUT2D eigenvalue weighted by Crippen LogP contribution is -2.80. The third-order valence-corrected chi connectivity index (χ3v) is 5.05. The van der Waals surface area contributed by atoms with E-state index < -0.39 is 5.91 Å². The molecule has 130 valence electrons. The minimum atomic E-state index is -0.561. The van der Waals surface area contributed by atoms with Crippen molar-refractivity contribution in [3.63, 3.8) is 0 Å². The number of amidine groups is 1. The second-order valence-electron chi connectivity index (χ2n) is 6.43. The van der Waals surface area contributed by atoms with Gasteiger partial charge < -0.3 is 9.80 Å². The Kier molecular flexibility index (Phi) is 4.01. The highest BCUT2D eigenvalue weighted by atomic mass is 19.1. The first-order valence-electron chi connectivity index (χ1n) is 8.34. The topological polar surface area (TPSA) is 68.2 Å². The average molecular weight is 342 g/mol. The van der Waals surface area contributed by atoms with E-state index in [2.05, 4.69) is 14.8 Å². The van der Waals surface area contributed by atoms with Crippen molar-refractivity contribution in [3.8, 4) is 0 Å². The first-order chi connectivity index (χ1) is 12.2. The van der Waals surface area contributed by atoms with Crippen molar-refractivity contribution < 1.29 is 14.4 Å². The minimum absolute atomic E-state index is 0.220. The van der Waals surface area contributed by atoms with Crippen LogP contribution in [0, 0.1) is 5.82 Å². The fourth-order valence-corrected chi connectivity index (χ4v) is 3.57. The molecule has 0 aliphatic carbocycles. The second kappa shape index (κ2) is 6.33. The summed E-state index contributed by atoms with van der Waals surface area (Å²) in [6, 6.07) is 7.45. The quantitative estimate of drug-likeness (QED) is 0.636. The number of fused-ring (bicyclic) bond motifs is 1. The van der Waals surface area contributed by atoms with E-state index in [-0.39, 0.29) is 5.82 Å². The number of rotatable bonds is 2. The summed E-state index contributed by atoms with van der Waals surface area (Å²) in [6.07, 6.45) is 6.70. The van der Waals surface area contributed by atoms with Crippen LogP contribution in [0.2, 0.25) is 0 Å². The number of hydroxylamine groups is 1. The normalized spacial score (nSPS) is 28.2. The van der Waals surface area contributed by atoms with Gasteiger partial charge in [-0.05, 0) is 30.7 Å². The van der Waals surface area contributed by atoms with Crippen molar-refractivity contribution in [1.29, 1.82) is 0 Å². The summed E-state index contributed by atoms with van der Waals surface area (Å²) in [5.74, 6) is 0.184. The van der Waals surface area contributed by atoms with E-state index in [0.29, 0.717) is 17.7 Å². The molecule has 0 radical (unpaired) electrons. The molecule has 0 bridgehead atoms. The molecule has 3 heterocycles. The van der Waals surface area contributed by atoms with Crippen molar-refractivity contribution in [2.24, 2.45) is 4.99 Å². The van der Waals surface area contributed by atoms with Crippen molar-refractivity contribution in [3.05, 3.63) is 54.0 Å². The van der Waals surface area contributed by atoms with Crippen LogP contribution in [0.15, 0.2) is 53.2 Å². The summed E-state index contributed by atoms with van der Waals surface area (Å²) in [4.78, 5) is 20.6.